The fourth-order valence-corrected chi connectivity index (χ4v) is 2.42. The summed E-state index contributed by atoms with van der Waals surface area (Å²) in [4.78, 5) is 41.3. The summed E-state index contributed by atoms with van der Waals surface area (Å²) in [5.41, 5.74) is 7.11. The van der Waals surface area contributed by atoms with Gasteiger partial charge in [-0.2, -0.15) is 0 Å². The summed E-state index contributed by atoms with van der Waals surface area (Å²) in [6, 6.07) is 3.27. The quantitative estimate of drug-likeness (QED) is 0.507. The summed E-state index contributed by atoms with van der Waals surface area (Å²) < 4.78 is 0. The molecule has 0 aromatic carbocycles. The Hall–Kier alpha value is -2.83. The molecule has 2 amide bonds. The third-order valence-corrected chi connectivity index (χ3v) is 3.36. The van der Waals surface area contributed by atoms with Crippen LogP contribution in [0.25, 0.3) is 0 Å². The minimum absolute atomic E-state index is 0.0972. The topological polar surface area (TPSA) is 107 Å². The summed E-state index contributed by atoms with van der Waals surface area (Å²) in [7, 11) is 0. The molecule has 0 radical (unpaired) electrons. The van der Waals surface area contributed by atoms with E-state index in [0.29, 0.717) is 28.9 Å². The molecule has 7 nitrogen and oxygen atoms in total. The van der Waals surface area contributed by atoms with Gasteiger partial charge in [0, 0.05) is 17.5 Å². The van der Waals surface area contributed by atoms with Gasteiger partial charge in [0.05, 0.1) is 0 Å². The highest BCUT2D eigenvalue weighted by Gasteiger charge is 2.21. The van der Waals surface area contributed by atoms with E-state index in [-0.39, 0.29) is 11.5 Å². The van der Waals surface area contributed by atoms with E-state index in [4.69, 9.17) is 0 Å². The molecular weight excluding hydrogens is 284 g/mol. The third kappa shape index (κ3) is 2.93. The normalized spacial score (nSPS) is 10.3. The number of hydrogen-bond donors (Lipinski definition) is 4. The van der Waals surface area contributed by atoms with Crippen LogP contribution in [0.5, 0.6) is 0 Å². The van der Waals surface area contributed by atoms with Crippen molar-refractivity contribution in [3.63, 3.8) is 0 Å². The first kappa shape index (κ1) is 15.6. The van der Waals surface area contributed by atoms with Gasteiger partial charge in [0.25, 0.3) is 11.8 Å². The highest BCUT2D eigenvalue weighted by Crippen LogP contribution is 2.20. The second-order valence-electron chi connectivity index (χ2n) is 4.88. The lowest BCUT2D eigenvalue weighted by Gasteiger charge is -2.07. The molecule has 0 aliphatic rings. The molecule has 2 heterocycles. The number of aromatic amines is 2. The Morgan fingerprint density at radius 2 is 1.86 bits per heavy atom. The molecule has 0 aliphatic carbocycles. The number of ketones is 1. The van der Waals surface area contributed by atoms with Crippen LogP contribution in [0.4, 0.5) is 0 Å². The summed E-state index contributed by atoms with van der Waals surface area (Å²) >= 11 is 0. The van der Waals surface area contributed by atoms with Crippen molar-refractivity contribution in [3.8, 4) is 0 Å². The Labute approximate surface area is 127 Å². The number of H-pyrrole nitrogens is 2. The van der Waals surface area contributed by atoms with Crippen LogP contribution in [-0.2, 0) is 6.42 Å². The largest absolute Gasteiger partial charge is 0.357 e. The van der Waals surface area contributed by atoms with Crippen LogP contribution in [0.1, 0.15) is 56.4 Å². The van der Waals surface area contributed by atoms with Gasteiger partial charge < -0.3 is 9.97 Å². The van der Waals surface area contributed by atoms with Crippen LogP contribution in [0.3, 0.4) is 0 Å². The number of amides is 2. The molecule has 0 saturated heterocycles. The molecule has 0 atom stereocenters. The number of aromatic nitrogens is 2. The number of aryl methyl sites for hydroxylation is 1. The van der Waals surface area contributed by atoms with E-state index in [2.05, 4.69) is 20.8 Å². The van der Waals surface area contributed by atoms with Crippen molar-refractivity contribution in [3.05, 3.63) is 46.5 Å². The molecule has 0 aliphatic heterocycles. The highest BCUT2D eigenvalue weighted by atomic mass is 16.2. The van der Waals surface area contributed by atoms with E-state index >= 15 is 0 Å². The first-order valence-corrected chi connectivity index (χ1v) is 6.92. The van der Waals surface area contributed by atoms with Crippen LogP contribution in [-0.4, -0.2) is 27.6 Å². The minimum Gasteiger partial charge on any atom is -0.357 e. The predicted octanol–water partition coefficient (Wildman–Crippen LogP) is 1.49. The SMILES string of the molecule is CCc1c(C(=O)NNC(=O)c2ccc[nH]2)[nH]c(C)c1C(C)=O. The average Bonchev–Trinajstić information content (AvgIpc) is 3.11. The van der Waals surface area contributed by atoms with Gasteiger partial charge in [0.2, 0.25) is 0 Å². The van der Waals surface area contributed by atoms with E-state index in [1.807, 2.05) is 6.92 Å². The highest BCUT2D eigenvalue weighted by molar-refractivity contribution is 6.03. The van der Waals surface area contributed by atoms with E-state index in [1.165, 1.54) is 6.92 Å². The van der Waals surface area contributed by atoms with Gasteiger partial charge in [-0.3, -0.25) is 25.2 Å². The van der Waals surface area contributed by atoms with Crippen molar-refractivity contribution in [1.29, 1.82) is 0 Å². The van der Waals surface area contributed by atoms with Crippen LogP contribution >= 0.6 is 0 Å². The average molecular weight is 302 g/mol. The van der Waals surface area contributed by atoms with Gasteiger partial charge >= 0.3 is 0 Å². The molecule has 116 valence electrons. The lowest BCUT2D eigenvalue weighted by Crippen LogP contribution is -2.42. The number of Topliss-reactive ketones (excluding diaryl/α,β-unsaturated/α-hetero) is 1. The lowest BCUT2D eigenvalue weighted by molar-refractivity contribution is 0.0841. The molecule has 2 aromatic rings. The van der Waals surface area contributed by atoms with E-state index in [9.17, 15) is 14.4 Å². The summed E-state index contributed by atoms with van der Waals surface area (Å²) in [6.07, 6.45) is 2.14. The van der Waals surface area contributed by atoms with Gasteiger partial charge in [0.15, 0.2) is 5.78 Å². The van der Waals surface area contributed by atoms with E-state index in [1.54, 1.807) is 25.3 Å². The second-order valence-corrected chi connectivity index (χ2v) is 4.88. The van der Waals surface area contributed by atoms with Gasteiger partial charge in [-0.1, -0.05) is 6.92 Å². The monoisotopic (exact) mass is 302 g/mol. The first-order valence-electron chi connectivity index (χ1n) is 6.92. The fraction of sp³-hybridized carbons (Fsp3) is 0.267. The summed E-state index contributed by atoms with van der Waals surface area (Å²) in [5.74, 6) is -1.04. The zero-order valence-corrected chi connectivity index (χ0v) is 12.7. The Balaban J connectivity index is 2.15. The van der Waals surface area contributed by atoms with Gasteiger partial charge in [0.1, 0.15) is 11.4 Å². The Morgan fingerprint density at radius 1 is 1.18 bits per heavy atom. The van der Waals surface area contributed by atoms with Crippen LogP contribution in [0, 0.1) is 6.92 Å². The Kier molecular flexibility index (Phi) is 4.45. The lowest BCUT2D eigenvalue weighted by atomic mass is 10.0. The molecule has 2 aromatic heterocycles. The zero-order chi connectivity index (χ0) is 16.3. The molecule has 0 unspecified atom stereocenters. The van der Waals surface area contributed by atoms with E-state index in [0.717, 1.165) is 0 Å². The van der Waals surface area contributed by atoms with Crippen molar-refractivity contribution in [1.82, 2.24) is 20.8 Å². The molecule has 0 bridgehead atoms. The first-order chi connectivity index (χ1) is 10.5. The maximum absolute atomic E-state index is 12.2. The minimum atomic E-state index is -0.493. The molecule has 22 heavy (non-hydrogen) atoms. The standard InChI is InChI=1S/C15H18N4O3/c1-4-10-12(9(3)20)8(2)17-13(10)15(22)19-18-14(21)11-6-5-7-16-11/h5-7,16-17H,4H2,1-3H3,(H,18,21)(H,19,22). The molecule has 0 fully saturated rings. The van der Waals surface area contributed by atoms with Gasteiger partial charge in [-0.25, -0.2) is 0 Å². The van der Waals surface area contributed by atoms with Crippen LogP contribution < -0.4 is 10.9 Å². The van der Waals surface area contributed by atoms with Crippen LogP contribution in [0.2, 0.25) is 0 Å². The Bertz CT molecular complexity index is 713. The zero-order valence-electron chi connectivity index (χ0n) is 12.7. The van der Waals surface area contributed by atoms with Crippen molar-refractivity contribution in [2.24, 2.45) is 0 Å². The number of carbonyl (C=O) groups is 3. The van der Waals surface area contributed by atoms with Crippen molar-refractivity contribution in [2.75, 3.05) is 0 Å². The smallest absolute Gasteiger partial charge is 0.286 e. The molecule has 0 saturated carbocycles. The molecular formula is C15H18N4O3. The second kappa shape index (κ2) is 6.30. The summed E-state index contributed by atoms with van der Waals surface area (Å²) in [5, 5.41) is 0. The molecule has 2 rings (SSSR count). The van der Waals surface area contributed by atoms with Crippen molar-refractivity contribution < 1.29 is 14.4 Å². The number of hydrazine groups is 1. The molecule has 7 heteroatoms. The van der Waals surface area contributed by atoms with E-state index < -0.39 is 11.8 Å². The van der Waals surface area contributed by atoms with Crippen molar-refractivity contribution >= 4 is 17.6 Å². The third-order valence-electron chi connectivity index (χ3n) is 3.36. The number of rotatable bonds is 4. The number of carbonyl (C=O) groups excluding carboxylic acids is 3. The maximum Gasteiger partial charge on any atom is 0.286 e. The Morgan fingerprint density at radius 3 is 2.41 bits per heavy atom. The van der Waals surface area contributed by atoms with Gasteiger partial charge in [-0.05, 0) is 38.0 Å². The predicted molar refractivity (Wildman–Crippen MR) is 80.6 cm³/mol. The van der Waals surface area contributed by atoms with Gasteiger partial charge in [-0.15, -0.1) is 0 Å². The fourth-order valence-electron chi connectivity index (χ4n) is 2.42. The van der Waals surface area contributed by atoms with Crippen LogP contribution in [0.15, 0.2) is 18.3 Å². The maximum atomic E-state index is 12.2. The number of nitrogens with one attached hydrogen (secondary N) is 4. The molecule has 4 N–H and O–H groups in total. The number of hydrogen-bond acceptors (Lipinski definition) is 3. The molecule has 0 spiro atoms. The van der Waals surface area contributed by atoms with Crippen molar-refractivity contribution in [2.45, 2.75) is 27.2 Å². The summed E-state index contributed by atoms with van der Waals surface area (Å²) in [6.45, 7) is 5.07.